The molecule has 1 aromatic rings. The average molecular weight is 213 g/mol. The highest BCUT2D eigenvalue weighted by Gasteiger charge is 2.09. The van der Waals surface area contributed by atoms with Gasteiger partial charge in [-0.15, -0.1) is 0 Å². The molecule has 0 aliphatic rings. The topological polar surface area (TPSA) is 9.23 Å². The third-order valence-electron chi connectivity index (χ3n) is 2.09. The Morgan fingerprint density at radius 1 is 1.40 bits per heavy atom. The summed E-state index contributed by atoms with van der Waals surface area (Å²) in [6.07, 6.45) is 0.830. The monoisotopic (exact) mass is 213 g/mol. The molecular formula is C12H15F2O. The fraction of sp³-hybridized carbons (Fsp3) is 0.417. The number of alkyl halides is 1. The summed E-state index contributed by atoms with van der Waals surface area (Å²) in [5.74, 6) is 0.317. The molecule has 0 aromatic heterocycles. The van der Waals surface area contributed by atoms with Crippen LogP contribution in [0.3, 0.4) is 0 Å². The largest absolute Gasteiger partial charge is 0.491 e. The van der Waals surface area contributed by atoms with Crippen LogP contribution in [0.1, 0.15) is 25.8 Å². The molecule has 1 radical (unpaired) electrons. The van der Waals surface area contributed by atoms with Gasteiger partial charge in [-0.2, -0.15) is 0 Å². The molecule has 0 atom stereocenters. The van der Waals surface area contributed by atoms with Crippen LogP contribution in [-0.4, -0.2) is 13.3 Å². The van der Waals surface area contributed by atoms with Crippen molar-refractivity contribution in [3.05, 3.63) is 35.5 Å². The van der Waals surface area contributed by atoms with Gasteiger partial charge in [0.15, 0.2) is 11.6 Å². The summed E-state index contributed by atoms with van der Waals surface area (Å²) in [5.41, 5.74) is 0.582. The molecule has 0 saturated heterocycles. The van der Waals surface area contributed by atoms with Gasteiger partial charge in [-0.25, -0.2) is 4.39 Å². The van der Waals surface area contributed by atoms with Gasteiger partial charge in [0, 0.05) is 5.92 Å². The molecular weight excluding hydrogens is 198 g/mol. The molecule has 1 rings (SSSR count). The zero-order valence-electron chi connectivity index (χ0n) is 9.02. The molecule has 3 heteroatoms. The highest BCUT2D eigenvalue weighted by molar-refractivity contribution is 5.36. The zero-order chi connectivity index (χ0) is 11.3. The summed E-state index contributed by atoms with van der Waals surface area (Å²) < 4.78 is 30.9. The normalized spacial score (nSPS) is 10.7. The van der Waals surface area contributed by atoms with E-state index in [2.05, 4.69) is 0 Å². The Bertz CT molecular complexity index is 312. The Hall–Kier alpha value is -1.12. The van der Waals surface area contributed by atoms with Gasteiger partial charge in [0.25, 0.3) is 0 Å². The summed E-state index contributed by atoms with van der Waals surface area (Å²) in [6, 6.07) is 4.52. The first-order valence-electron chi connectivity index (χ1n) is 5.00. The predicted octanol–water partition coefficient (Wildman–Crippen LogP) is 3.53. The van der Waals surface area contributed by atoms with Crippen molar-refractivity contribution in [3.63, 3.8) is 0 Å². The molecule has 0 unspecified atom stereocenters. The van der Waals surface area contributed by atoms with Gasteiger partial charge in [0.2, 0.25) is 0 Å². The van der Waals surface area contributed by atoms with Crippen molar-refractivity contribution in [2.45, 2.75) is 20.3 Å². The summed E-state index contributed by atoms with van der Waals surface area (Å²) in [5, 5.41) is 0. The number of rotatable bonds is 5. The van der Waals surface area contributed by atoms with Crippen molar-refractivity contribution in [3.8, 4) is 5.75 Å². The van der Waals surface area contributed by atoms with E-state index >= 15 is 0 Å². The molecule has 83 valence electrons. The lowest BCUT2D eigenvalue weighted by Crippen LogP contribution is -2.01. The first-order valence-corrected chi connectivity index (χ1v) is 5.00. The fourth-order valence-electron chi connectivity index (χ4n) is 1.17. The van der Waals surface area contributed by atoms with E-state index in [1.54, 1.807) is 19.1 Å². The van der Waals surface area contributed by atoms with Gasteiger partial charge in [-0.1, -0.05) is 19.9 Å². The third-order valence-corrected chi connectivity index (χ3v) is 2.09. The van der Waals surface area contributed by atoms with E-state index in [4.69, 9.17) is 4.74 Å². The molecule has 0 saturated carbocycles. The smallest absolute Gasteiger partial charge is 0.165 e. The van der Waals surface area contributed by atoms with E-state index < -0.39 is 12.5 Å². The van der Waals surface area contributed by atoms with E-state index in [1.165, 1.54) is 6.07 Å². The number of benzene rings is 1. The Morgan fingerprint density at radius 3 is 2.67 bits per heavy atom. The lowest BCUT2D eigenvalue weighted by molar-refractivity contribution is 0.301. The molecule has 0 aliphatic heterocycles. The predicted molar refractivity (Wildman–Crippen MR) is 56.2 cm³/mol. The minimum absolute atomic E-state index is 0.229. The quantitative estimate of drug-likeness (QED) is 0.727. The van der Waals surface area contributed by atoms with E-state index in [-0.39, 0.29) is 5.75 Å². The van der Waals surface area contributed by atoms with E-state index in [9.17, 15) is 8.78 Å². The van der Waals surface area contributed by atoms with Crippen molar-refractivity contribution in [2.75, 3.05) is 13.3 Å². The number of halogens is 2. The summed E-state index contributed by atoms with van der Waals surface area (Å²) >= 11 is 0. The minimum atomic E-state index is -0.561. The van der Waals surface area contributed by atoms with Gasteiger partial charge < -0.3 is 4.74 Å². The van der Waals surface area contributed by atoms with E-state index in [0.29, 0.717) is 18.1 Å². The van der Waals surface area contributed by atoms with Crippen LogP contribution in [0.5, 0.6) is 5.75 Å². The van der Waals surface area contributed by atoms with E-state index in [0.717, 1.165) is 6.42 Å². The van der Waals surface area contributed by atoms with Crippen LogP contribution >= 0.6 is 0 Å². The Morgan fingerprint density at radius 2 is 2.13 bits per heavy atom. The molecule has 0 aliphatic carbocycles. The number of ether oxygens (including phenoxy) is 1. The molecule has 0 fully saturated rings. The van der Waals surface area contributed by atoms with Crippen LogP contribution in [-0.2, 0) is 0 Å². The van der Waals surface area contributed by atoms with Gasteiger partial charge in [-0.3, -0.25) is 4.39 Å². The maximum Gasteiger partial charge on any atom is 0.165 e. The fourth-order valence-corrected chi connectivity index (χ4v) is 1.17. The lowest BCUT2D eigenvalue weighted by Gasteiger charge is -2.10. The van der Waals surface area contributed by atoms with Crippen LogP contribution in [0.2, 0.25) is 0 Å². The summed E-state index contributed by atoms with van der Waals surface area (Å²) in [4.78, 5) is 0. The van der Waals surface area contributed by atoms with Crippen LogP contribution in [0.25, 0.3) is 0 Å². The van der Waals surface area contributed by atoms with Crippen molar-refractivity contribution < 1.29 is 13.5 Å². The molecule has 0 heterocycles. The first-order chi connectivity index (χ1) is 7.19. The third kappa shape index (κ3) is 3.18. The summed E-state index contributed by atoms with van der Waals surface area (Å²) in [6.45, 7) is 3.52. The van der Waals surface area contributed by atoms with Crippen molar-refractivity contribution in [1.82, 2.24) is 0 Å². The van der Waals surface area contributed by atoms with Crippen LogP contribution < -0.4 is 4.74 Å². The second-order valence-corrected chi connectivity index (χ2v) is 3.41. The molecule has 1 nitrogen and oxygen atoms in total. The molecule has 0 bridgehead atoms. The number of hydrogen-bond donors (Lipinski definition) is 0. The van der Waals surface area contributed by atoms with Crippen molar-refractivity contribution in [1.29, 1.82) is 0 Å². The van der Waals surface area contributed by atoms with E-state index in [1.807, 2.05) is 6.92 Å². The Balaban J connectivity index is 2.78. The van der Waals surface area contributed by atoms with Crippen molar-refractivity contribution >= 4 is 0 Å². The highest BCUT2D eigenvalue weighted by atomic mass is 19.1. The van der Waals surface area contributed by atoms with Gasteiger partial charge in [-0.05, 0) is 24.1 Å². The summed E-state index contributed by atoms with van der Waals surface area (Å²) in [7, 11) is 0. The minimum Gasteiger partial charge on any atom is -0.491 e. The Labute approximate surface area is 89.1 Å². The first kappa shape index (κ1) is 12.0. The van der Waals surface area contributed by atoms with Gasteiger partial charge in [0.05, 0.1) is 13.3 Å². The molecule has 15 heavy (non-hydrogen) atoms. The maximum atomic E-state index is 13.4. The van der Waals surface area contributed by atoms with Crippen LogP contribution in [0.4, 0.5) is 8.78 Å². The lowest BCUT2D eigenvalue weighted by atomic mass is 10.0. The molecule has 0 N–H and O–H groups in total. The zero-order valence-corrected chi connectivity index (χ0v) is 9.02. The highest BCUT2D eigenvalue weighted by Crippen LogP contribution is 2.23. The maximum absolute atomic E-state index is 13.4. The second kappa shape index (κ2) is 5.69. The SMILES string of the molecule is CCCOc1ccc([C](C)CF)cc1F. The van der Waals surface area contributed by atoms with Crippen molar-refractivity contribution in [2.24, 2.45) is 0 Å². The number of hydrogen-bond acceptors (Lipinski definition) is 1. The Kier molecular flexibility index (Phi) is 4.53. The van der Waals surface area contributed by atoms with Gasteiger partial charge >= 0.3 is 0 Å². The van der Waals surface area contributed by atoms with Gasteiger partial charge in [0.1, 0.15) is 0 Å². The average Bonchev–Trinajstić information content (AvgIpc) is 2.26. The second-order valence-electron chi connectivity index (χ2n) is 3.41. The molecule has 1 aromatic carbocycles. The van der Waals surface area contributed by atoms with Crippen LogP contribution in [0.15, 0.2) is 18.2 Å². The molecule has 0 amide bonds. The standard InChI is InChI=1S/C12H15F2O/c1-3-6-15-12-5-4-10(7-11(12)14)9(2)8-13/h4-5,7H,3,6,8H2,1-2H3. The molecule has 0 spiro atoms. The van der Waals surface area contributed by atoms with Crippen LogP contribution in [0, 0.1) is 11.7 Å².